The highest BCUT2D eigenvalue weighted by molar-refractivity contribution is 6.10. The molecule has 0 amide bonds. The van der Waals surface area contributed by atoms with Gasteiger partial charge in [-0.25, -0.2) is 0 Å². The summed E-state index contributed by atoms with van der Waals surface area (Å²) in [5.74, 6) is 0.0304. The maximum Gasteiger partial charge on any atom is 0.172 e. The molecule has 1 N–H and O–H groups in total. The monoisotopic (exact) mass is 263 g/mol. The van der Waals surface area contributed by atoms with Gasteiger partial charge in [0, 0.05) is 28.6 Å². The molecule has 0 aliphatic rings. The first-order valence-corrected chi connectivity index (χ1v) is 6.83. The Balaban J connectivity index is 2.01. The Labute approximate surface area is 118 Å². The maximum absolute atomic E-state index is 12.7. The second-order valence-electron chi connectivity index (χ2n) is 5.25. The van der Waals surface area contributed by atoms with Crippen LogP contribution in [0, 0.1) is 6.92 Å². The number of hydrogen-bond donors (Lipinski definition) is 1. The average Bonchev–Trinajstić information content (AvgIpc) is 2.89. The van der Waals surface area contributed by atoms with Crippen LogP contribution < -0.4 is 0 Å². The number of hydrogen-bond acceptors (Lipinski definition) is 1. The summed E-state index contributed by atoms with van der Waals surface area (Å²) in [5, 5.41) is 1.00. The van der Waals surface area contributed by atoms with Gasteiger partial charge in [-0.3, -0.25) is 4.79 Å². The van der Waals surface area contributed by atoms with Gasteiger partial charge in [0.25, 0.3) is 0 Å². The van der Waals surface area contributed by atoms with Crippen molar-refractivity contribution >= 4 is 16.7 Å². The third-order valence-corrected chi connectivity index (χ3v) is 3.80. The van der Waals surface area contributed by atoms with Crippen LogP contribution in [0.3, 0.4) is 0 Å². The molecular weight excluding hydrogens is 246 g/mol. The summed E-state index contributed by atoms with van der Waals surface area (Å²) in [4.78, 5) is 15.9. The number of rotatable bonds is 3. The van der Waals surface area contributed by atoms with Crippen LogP contribution in [0.5, 0.6) is 0 Å². The Morgan fingerprint density at radius 3 is 2.60 bits per heavy atom. The van der Waals surface area contributed by atoms with Crippen LogP contribution in [0.4, 0.5) is 0 Å². The Hall–Kier alpha value is -2.35. The highest BCUT2D eigenvalue weighted by Crippen LogP contribution is 2.26. The van der Waals surface area contributed by atoms with Crippen molar-refractivity contribution < 1.29 is 4.79 Å². The van der Waals surface area contributed by atoms with Crippen molar-refractivity contribution in [1.82, 2.24) is 4.98 Å². The lowest BCUT2D eigenvalue weighted by Gasteiger charge is -2.10. The van der Waals surface area contributed by atoms with E-state index in [9.17, 15) is 4.79 Å². The van der Waals surface area contributed by atoms with Gasteiger partial charge >= 0.3 is 0 Å². The first kappa shape index (κ1) is 12.7. The number of H-pyrrole nitrogens is 1. The van der Waals surface area contributed by atoms with Gasteiger partial charge < -0.3 is 4.98 Å². The summed E-state index contributed by atoms with van der Waals surface area (Å²) in [7, 11) is 0. The molecule has 100 valence electrons. The Bertz CT molecular complexity index is 755. The fraction of sp³-hybridized carbons (Fsp3) is 0.167. The Morgan fingerprint density at radius 2 is 1.85 bits per heavy atom. The lowest BCUT2D eigenvalue weighted by molar-refractivity contribution is 0.0968. The van der Waals surface area contributed by atoms with E-state index in [4.69, 9.17) is 0 Å². The molecule has 2 aromatic carbocycles. The molecule has 0 aliphatic heterocycles. The summed E-state index contributed by atoms with van der Waals surface area (Å²) < 4.78 is 0. The van der Waals surface area contributed by atoms with Crippen LogP contribution in [0.1, 0.15) is 34.3 Å². The van der Waals surface area contributed by atoms with Crippen LogP contribution in [0.2, 0.25) is 0 Å². The standard InChI is InChI=1S/C18H17NO/c1-12-8-9-15-16(11-19-17(15)10-12)18(20)13(2)14-6-4-3-5-7-14/h3-11,13,19H,1-2H3. The first-order valence-electron chi connectivity index (χ1n) is 6.83. The molecule has 1 heterocycles. The number of carbonyl (C=O) groups excluding carboxylic acids is 1. The lowest BCUT2D eigenvalue weighted by Crippen LogP contribution is -2.08. The first-order chi connectivity index (χ1) is 9.66. The van der Waals surface area contributed by atoms with Gasteiger partial charge in [-0.1, -0.05) is 49.4 Å². The molecule has 0 saturated heterocycles. The molecule has 0 aliphatic carbocycles. The summed E-state index contributed by atoms with van der Waals surface area (Å²) in [6.07, 6.45) is 1.83. The van der Waals surface area contributed by atoms with E-state index in [1.807, 2.05) is 62.5 Å². The predicted octanol–water partition coefficient (Wildman–Crippen LogP) is 4.46. The van der Waals surface area contributed by atoms with Crippen molar-refractivity contribution in [1.29, 1.82) is 0 Å². The summed E-state index contributed by atoms with van der Waals surface area (Å²) >= 11 is 0. The fourth-order valence-corrected chi connectivity index (χ4v) is 2.57. The highest BCUT2D eigenvalue weighted by atomic mass is 16.1. The summed E-state index contributed by atoms with van der Waals surface area (Å²) in [6, 6.07) is 16.0. The fourth-order valence-electron chi connectivity index (χ4n) is 2.57. The molecule has 0 bridgehead atoms. The van der Waals surface area contributed by atoms with Crippen LogP contribution in [-0.4, -0.2) is 10.8 Å². The molecule has 2 heteroatoms. The van der Waals surface area contributed by atoms with E-state index < -0.39 is 0 Å². The van der Waals surface area contributed by atoms with Gasteiger partial charge in [0.05, 0.1) is 0 Å². The van der Waals surface area contributed by atoms with E-state index in [2.05, 4.69) is 11.1 Å². The predicted molar refractivity (Wildman–Crippen MR) is 82.2 cm³/mol. The number of fused-ring (bicyclic) bond motifs is 1. The molecule has 0 spiro atoms. The van der Waals surface area contributed by atoms with Crippen molar-refractivity contribution in [2.24, 2.45) is 0 Å². The largest absolute Gasteiger partial charge is 0.360 e. The third-order valence-electron chi connectivity index (χ3n) is 3.80. The van der Waals surface area contributed by atoms with E-state index in [1.165, 1.54) is 5.56 Å². The minimum absolute atomic E-state index is 0.128. The quantitative estimate of drug-likeness (QED) is 0.695. The van der Waals surface area contributed by atoms with Crippen molar-refractivity contribution in [2.45, 2.75) is 19.8 Å². The normalized spacial score (nSPS) is 12.5. The van der Waals surface area contributed by atoms with Crippen molar-refractivity contribution in [3.05, 3.63) is 71.4 Å². The van der Waals surface area contributed by atoms with Gasteiger partial charge in [-0.05, 0) is 24.1 Å². The van der Waals surface area contributed by atoms with Gasteiger partial charge in [-0.15, -0.1) is 0 Å². The number of benzene rings is 2. The van der Waals surface area contributed by atoms with Crippen LogP contribution in [0.25, 0.3) is 10.9 Å². The average molecular weight is 263 g/mol. The number of aryl methyl sites for hydroxylation is 1. The van der Waals surface area contributed by atoms with Gasteiger partial charge in [0.15, 0.2) is 5.78 Å². The smallest absolute Gasteiger partial charge is 0.172 e. The van der Waals surface area contributed by atoms with E-state index in [0.717, 1.165) is 22.0 Å². The number of nitrogens with one attached hydrogen (secondary N) is 1. The molecule has 3 aromatic rings. The summed E-state index contributed by atoms with van der Waals surface area (Å²) in [6.45, 7) is 4.01. The van der Waals surface area contributed by atoms with E-state index >= 15 is 0 Å². The molecule has 1 aromatic heterocycles. The Kier molecular flexibility index (Phi) is 3.15. The molecule has 0 saturated carbocycles. The SMILES string of the molecule is Cc1ccc2c(C(=O)C(C)c3ccccc3)c[nH]c2c1. The molecule has 3 rings (SSSR count). The number of aromatic amines is 1. The minimum Gasteiger partial charge on any atom is -0.360 e. The molecule has 0 radical (unpaired) electrons. The van der Waals surface area contributed by atoms with Crippen molar-refractivity contribution in [3.63, 3.8) is 0 Å². The number of ketones is 1. The lowest BCUT2D eigenvalue weighted by atomic mass is 9.92. The highest BCUT2D eigenvalue weighted by Gasteiger charge is 2.19. The van der Waals surface area contributed by atoms with Crippen LogP contribution >= 0.6 is 0 Å². The van der Waals surface area contributed by atoms with Crippen molar-refractivity contribution in [3.8, 4) is 0 Å². The second-order valence-corrected chi connectivity index (χ2v) is 5.25. The number of aromatic nitrogens is 1. The van der Waals surface area contributed by atoms with Gasteiger partial charge in [0.2, 0.25) is 0 Å². The second kappa shape index (κ2) is 4.97. The molecule has 0 fully saturated rings. The molecular formula is C18H17NO. The van der Waals surface area contributed by atoms with Gasteiger partial charge in [-0.2, -0.15) is 0 Å². The van der Waals surface area contributed by atoms with E-state index in [0.29, 0.717) is 0 Å². The van der Waals surface area contributed by atoms with Crippen molar-refractivity contribution in [2.75, 3.05) is 0 Å². The zero-order valence-corrected chi connectivity index (χ0v) is 11.7. The van der Waals surface area contributed by atoms with E-state index in [1.54, 1.807) is 0 Å². The summed E-state index contributed by atoms with van der Waals surface area (Å²) in [5.41, 5.74) is 4.04. The maximum atomic E-state index is 12.7. The molecule has 20 heavy (non-hydrogen) atoms. The Morgan fingerprint density at radius 1 is 1.10 bits per heavy atom. The molecule has 1 atom stereocenters. The number of Topliss-reactive ketones (excluding diaryl/α,β-unsaturated/α-hetero) is 1. The zero-order chi connectivity index (χ0) is 14.1. The van der Waals surface area contributed by atoms with Crippen LogP contribution in [0.15, 0.2) is 54.7 Å². The molecule has 1 unspecified atom stereocenters. The topological polar surface area (TPSA) is 32.9 Å². The number of carbonyl (C=O) groups is 1. The molecule has 2 nitrogen and oxygen atoms in total. The van der Waals surface area contributed by atoms with Gasteiger partial charge in [0.1, 0.15) is 0 Å². The van der Waals surface area contributed by atoms with E-state index in [-0.39, 0.29) is 11.7 Å². The van der Waals surface area contributed by atoms with Crippen LogP contribution in [-0.2, 0) is 0 Å². The zero-order valence-electron chi connectivity index (χ0n) is 11.7. The third kappa shape index (κ3) is 2.14. The minimum atomic E-state index is -0.128.